The van der Waals surface area contributed by atoms with Crippen LogP contribution in [-0.4, -0.2) is 5.11 Å². The molecule has 15 heavy (non-hydrogen) atoms. The van der Waals surface area contributed by atoms with E-state index < -0.39 is 0 Å². The van der Waals surface area contributed by atoms with Gasteiger partial charge in [0.15, 0.2) is 0 Å². The Hall–Kier alpha value is -0.540. The van der Waals surface area contributed by atoms with Crippen LogP contribution in [0.1, 0.15) is 37.9 Å². The zero-order valence-corrected chi connectivity index (χ0v) is 11.2. The summed E-state index contributed by atoms with van der Waals surface area (Å²) in [6, 6.07) is 3.61. The van der Waals surface area contributed by atoms with Crippen molar-refractivity contribution < 1.29 is 5.11 Å². The Labute approximate surface area is 99.6 Å². The summed E-state index contributed by atoms with van der Waals surface area (Å²) in [5.41, 5.74) is 8.31. The largest absolute Gasteiger partial charge is 0.507 e. The molecule has 0 aliphatic heterocycles. The Morgan fingerprint density at radius 1 is 1.33 bits per heavy atom. The number of aryl methyl sites for hydroxylation is 1. The zero-order chi connectivity index (χ0) is 11.8. The molecule has 0 heterocycles. The average Bonchev–Trinajstić information content (AvgIpc) is 2.08. The number of nitrogens with two attached hydrogens (primary N) is 1. The molecule has 0 aliphatic carbocycles. The normalized spacial score (nSPS) is 14.0. The van der Waals surface area contributed by atoms with E-state index in [9.17, 15) is 5.11 Å². The molecule has 84 valence electrons. The number of halogens is 1. The van der Waals surface area contributed by atoms with Crippen LogP contribution in [0, 0.1) is 12.3 Å². The van der Waals surface area contributed by atoms with Crippen LogP contribution in [0.15, 0.2) is 16.6 Å². The van der Waals surface area contributed by atoms with Gasteiger partial charge in [-0.1, -0.05) is 20.8 Å². The maximum atomic E-state index is 9.52. The van der Waals surface area contributed by atoms with Gasteiger partial charge < -0.3 is 10.8 Å². The zero-order valence-electron chi connectivity index (χ0n) is 9.63. The summed E-state index contributed by atoms with van der Waals surface area (Å²) < 4.78 is 0.697. The number of aromatic hydroxyl groups is 1. The highest BCUT2D eigenvalue weighted by Crippen LogP contribution is 2.36. The average molecular weight is 272 g/mol. The maximum absolute atomic E-state index is 9.52. The second kappa shape index (κ2) is 4.14. The van der Waals surface area contributed by atoms with E-state index in [4.69, 9.17) is 5.73 Å². The molecule has 0 radical (unpaired) electrons. The topological polar surface area (TPSA) is 46.2 Å². The number of benzene rings is 1. The monoisotopic (exact) mass is 271 g/mol. The molecular weight excluding hydrogens is 254 g/mol. The van der Waals surface area contributed by atoms with Crippen LogP contribution in [0.4, 0.5) is 0 Å². The Balaban J connectivity index is 3.21. The fraction of sp³-hybridized carbons (Fsp3) is 0.500. The molecule has 3 N–H and O–H groups in total. The van der Waals surface area contributed by atoms with Gasteiger partial charge in [0, 0.05) is 6.04 Å². The van der Waals surface area contributed by atoms with Gasteiger partial charge in [-0.3, -0.25) is 0 Å². The minimum atomic E-state index is -0.0330. The first kappa shape index (κ1) is 12.5. The third kappa shape index (κ3) is 2.73. The Morgan fingerprint density at radius 3 is 2.33 bits per heavy atom. The fourth-order valence-electron chi connectivity index (χ4n) is 1.48. The van der Waals surface area contributed by atoms with Gasteiger partial charge in [-0.15, -0.1) is 0 Å². The molecule has 3 heteroatoms. The van der Waals surface area contributed by atoms with Gasteiger partial charge in [-0.2, -0.15) is 0 Å². The van der Waals surface area contributed by atoms with Gasteiger partial charge in [0.2, 0.25) is 0 Å². The first-order valence-electron chi connectivity index (χ1n) is 4.98. The van der Waals surface area contributed by atoms with Gasteiger partial charge in [0.1, 0.15) is 5.75 Å². The van der Waals surface area contributed by atoms with Crippen LogP contribution in [0.25, 0.3) is 0 Å². The summed E-state index contributed by atoms with van der Waals surface area (Å²) in [5, 5.41) is 9.52. The van der Waals surface area contributed by atoms with E-state index in [2.05, 4.69) is 36.7 Å². The van der Waals surface area contributed by atoms with Crippen molar-refractivity contribution in [3.63, 3.8) is 0 Å². The predicted octanol–water partition coefficient (Wildman–Crippen LogP) is 3.51. The van der Waals surface area contributed by atoms with E-state index in [1.165, 1.54) is 0 Å². The van der Waals surface area contributed by atoms with Gasteiger partial charge in [-0.05, 0) is 51.5 Å². The van der Waals surface area contributed by atoms with Crippen LogP contribution in [0.3, 0.4) is 0 Å². The summed E-state index contributed by atoms with van der Waals surface area (Å²) in [6.45, 7) is 8.29. The first-order chi connectivity index (χ1) is 6.73. The van der Waals surface area contributed by atoms with E-state index in [1.807, 2.05) is 13.0 Å². The lowest BCUT2D eigenvalue weighted by molar-refractivity contribution is 0.325. The fourth-order valence-corrected chi connectivity index (χ4v) is 1.84. The molecule has 0 saturated carbocycles. The Bertz CT molecular complexity index is 369. The van der Waals surface area contributed by atoms with Gasteiger partial charge in [-0.25, -0.2) is 0 Å². The van der Waals surface area contributed by atoms with Crippen molar-refractivity contribution in [1.82, 2.24) is 0 Å². The highest BCUT2D eigenvalue weighted by atomic mass is 79.9. The molecule has 0 fully saturated rings. The molecule has 1 unspecified atom stereocenters. The molecule has 1 aromatic rings. The molecule has 1 rings (SSSR count). The summed E-state index contributed by atoms with van der Waals surface area (Å²) in [5.74, 6) is 0.261. The van der Waals surface area contributed by atoms with Crippen molar-refractivity contribution in [3.05, 3.63) is 27.7 Å². The summed E-state index contributed by atoms with van der Waals surface area (Å²) in [4.78, 5) is 0. The minimum Gasteiger partial charge on any atom is -0.507 e. The van der Waals surface area contributed by atoms with Crippen molar-refractivity contribution in [1.29, 1.82) is 0 Å². The van der Waals surface area contributed by atoms with Crippen molar-refractivity contribution >= 4 is 15.9 Å². The SMILES string of the molecule is Cc1cc(O)c(Br)cc1C(N)C(C)(C)C. The Morgan fingerprint density at radius 2 is 1.87 bits per heavy atom. The molecule has 0 amide bonds. The molecule has 0 saturated heterocycles. The molecule has 1 atom stereocenters. The van der Waals surface area contributed by atoms with E-state index in [0.29, 0.717) is 4.47 Å². The number of hydrogen-bond acceptors (Lipinski definition) is 2. The van der Waals surface area contributed by atoms with Gasteiger partial charge in [0.05, 0.1) is 4.47 Å². The van der Waals surface area contributed by atoms with Crippen molar-refractivity contribution in [2.24, 2.45) is 11.1 Å². The van der Waals surface area contributed by atoms with Crippen molar-refractivity contribution in [2.75, 3.05) is 0 Å². The number of hydrogen-bond donors (Lipinski definition) is 2. The molecule has 1 aromatic carbocycles. The second-order valence-corrected chi connectivity index (χ2v) is 5.86. The first-order valence-corrected chi connectivity index (χ1v) is 5.77. The van der Waals surface area contributed by atoms with Gasteiger partial charge >= 0.3 is 0 Å². The van der Waals surface area contributed by atoms with Crippen LogP contribution in [0.5, 0.6) is 5.75 Å². The smallest absolute Gasteiger partial charge is 0.130 e. The highest BCUT2D eigenvalue weighted by Gasteiger charge is 2.24. The summed E-state index contributed by atoms with van der Waals surface area (Å²) >= 11 is 3.31. The number of phenols is 1. The van der Waals surface area contributed by atoms with E-state index in [1.54, 1.807) is 6.07 Å². The predicted molar refractivity (Wildman–Crippen MR) is 66.9 cm³/mol. The molecule has 0 spiro atoms. The molecule has 2 nitrogen and oxygen atoms in total. The van der Waals surface area contributed by atoms with Crippen LogP contribution >= 0.6 is 15.9 Å². The highest BCUT2D eigenvalue weighted by molar-refractivity contribution is 9.10. The summed E-state index contributed by atoms with van der Waals surface area (Å²) in [6.07, 6.45) is 0. The minimum absolute atomic E-state index is 0.0151. The second-order valence-electron chi connectivity index (χ2n) is 5.00. The third-order valence-electron chi connectivity index (χ3n) is 2.60. The van der Waals surface area contributed by atoms with E-state index in [-0.39, 0.29) is 17.2 Å². The van der Waals surface area contributed by atoms with E-state index in [0.717, 1.165) is 11.1 Å². The number of phenolic OH excluding ortho intramolecular Hbond substituents is 1. The van der Waals surface area contributed by atoms with Crippen molar-refractivity contribution in [3.8, 4) is 5.75 Å². The Kier molecular flexibility index (Phi) is 3.46. The van der Waals surface area contributed by atoms with Crippen LogP contribution in [0.2, 0.25) is 0 Å². The maximum Gasteiger partial charge on any atom is 0.130 e. The lowest BCUT2D eigenvalue weighted by Gasteiger charge is -2.29. The lowest BCUT2D eigenvalue weighted by Crippen LogP contribution is -2.26. The number of rotatable bonds is 1. The van der Waals surface area contributed by atoms with Crippen LogP contribution in [-0.2, 0) is 0 Å². The van der Waals surface area contributed by atoms with Crippen LogP contribution < -0.4 is 5.73 Å². The third-order valence-corrected chi connectivity index (χ3v) is 3.24. The molecule has 0 aromatic heterocycles. The molecule has 0 bridgehead atoms. The molecular formula is C12H18BrNO. The van der Waals surface area contributed by atoms with Gasteiger partial charge in [0.25, 0.3) is 0 Å². The lowest BCUT2D eigenvalue weighted by atomic mass is 9.81. The standard InChI is InChI=1S/C12H18BrNO/c1-7-5-10(15)9(13)6-8(7)11(14)12(2,3)4/h5-6,11,15H,14H2,1-4H3. The van der Waals surface area contributed by atoms with Crippen molar-refractivity contribution in [2.45, 2.75) is 33.7 Å². The van der Waals surface area contributed by atoms with E-state index >= 15 is 0 Å². The summed E-state index contributed by atoms with van der Waals surface area (Å²) in [7, 11) is 0. The quantitative estimate of drug-likeness (QED) is 0.821. The molecule has 0 aliphatic rings.